The second-order valence-electron chi connectivity index (χ2n) is 10.4. The van der Waals surface area contributed by atoms with Crippen molar-refractivity contribution in [3.05, 3.63) is 35.3 Å². The molecular weight excluding hydrogens is 483 g/mol. The molecule has 5 rings (SSSR count). The summed E-state index contributed by atoms with van der Waals surface area (Å²) in [4.78, 5) is 13.1. The number of benzene rings is 1. The third-order valence-corrected chi connectivity index (χ3v) is 9.50. The number of alkyl halides is 2. The Bertz CT molecular complexity index is 1140. The summed E-state index contributed by atoms with van der Waals surface area (Å²) >= 11 is 0. The van der Waals surface area contributed by atoms with Gasteiger partial charge in [0.25, 0.3) is 0 Å². The minimum absolute atomic E-state index is 0.0695. The van der Waals surface area contributed by atoms with Crippen LogP contribution < -0.4 is 10.1 Å². The molecule has 2 aromatic rings. The Hall–Kier alpha value is -2.24. The van der Waals surface area contributed by atoms with Gasteiger partial charge in [0, 0.05) is 29.2 Å². The molecule has 11 heteroatoms. The summed E-state index contributed by atoms with van der Waals surface area (Å²) in [6.07, 6.45) is 3.59. The average Bonchev–Trinajstić information content (AvgIpc) is 3.53. The molecule has 2 aliphatic carbocycles. The van der Waals surface area contributed by atoms with E-state index in [0.717, 1.165) is 36.2 Å². The summed E-state index contributed by atoms with van der Waals surface area (Å²) in [7, 11) is -2.60. The van der Waals surface area contributed by atoms with Gasteiger partial charge in [0.1, 0.15) is 11.6 Å². The van der Waals surface area contributed by atoms with Crippen molar-refractivity contribution in [2.24, 2.45) is 11.8 Å². The molecule has 3 N–H and O–H groups in total. The maximum absolute atomic E-state index is 14.8. The van der Waals surface area contributed by atoms with Crippen LogP contribution in [0, 0.1) is 17.7 Å². The first kappa shape index (κ1) is 24.5. The lowest BCUT2D eigenvalue weighted by molar-refractivity contribution is -0.126. The minimum atomic E-state index is -3.02. The quantitative estimate of drug-likeness (QED) is 0.484. The number of ether oxygens (including phenoxy) is 1. The molecule has 35 heavy (non-hydrogen) atoms. The van der Waals surface area contributed by atoms with E-state index in [1.54, 1.807) is 0 Å². The second-order valence-corrected chi connectivity index (χ2v) is 12.6. The fourth-order valence-corrected chi connectivity index (χ4v) is 7.60. The van der Waals surface area contributed by atoms with E-state index in [0.29, 0.717) is 30.9 Å². The molecule has 2 fully saturated rings. The Balaban J connectivity index is 1.45. The van der Waals surface area contributed by atoms with Crippen LogP contribution in [0.5, 0.6) is 5.75 Å². The minimum Gasteiger partial charge on any atom is -0.435 e. The van der Waals surface area contributed by atoms with Crippen molar-refractivity contribution in [3.8, 4) is 17.0 Å². The normalized spacial score (nSPS) is 24.3. The summed E-state index contributed by atoms with van der Waals surface area (Å²) in [6.45, 7) is 0.853. The van der Waals surface area contributed by atoms with Crippen molar-refractivity contribution in [2.75, 3.05) is 11.5 Å². The van der Waals surface area contributed by atoms with Crippen molar-refractivity contribution in [1.29, 1.82) is 0 Å². The van der Waals surface area contributed by atoms with E-state index in [1.165, 1.54) is 6.07 Å². The first-order chi connectivity index (χ1) is 16.4. The van der Waals surface area contributed by atoms with Gasteiger partial charge >= 0.3 is 6.61 Å². The third kappa shape index (κ3) is 4.90. The largest absolute Gasteiger partial charge is 0.435 e. The number of carbonyl (C=O) groups is 1. The lowest BCUT2D eigenvalue weighted by Gasteiger charge is -2.54. The standard InChI is InChI=1S/C24H30F3N3O4S/c1-13(14-3-4-14)30-20-9-15(22(31)28-24(2)11-35(32,33)12-24)5-7-17(20)21(29-30)18-10-16(34-23(26)27)6-8-19(18)25/h6,8,10,13-15,23,32-33H,3-5,7,9,11-12H2,1-2H3,(H,28,31)/t13-,15?/m0/s1. The molecular formula is C24H30F3N3O4S. The molecule has 192 valence electrons. The summed E-state index contributed by atoms with van der Waals surface area (Å²) in [5.41, 5.74) is 1.59. The van der Waals surface area contributed by atoms with Crippen LogP contribution in [-0.4, -0.2) is 48.4 Å². The van der Waals surface area contributed by atoms with Gasteiger partial charge in [-0.05, 0) is 63.6 Å². The van der Waals surface area contributed by atoms with Crippen molar-refractivity contribution in [2.45, 2.75) is 64.1 Å². The number of hydrogen-bond donors (Lipinski definition) is 3. The van der Waals surface area contributed by atoms with E-state index < -0.39 is 28.6 Å². The van der Waals surface area contributed by atoms with Gasteiger partial charge in [-0.1, -0.05) is 0 Å². The Morgan fingerprint density at radius 1 is 1.29 bits per heavy atom. The van der Waals surface area contributed by atoms with Crippen molar-refractivity contribution in [3.63, 3.8) is 0 Å². The highest BCUT2D eigenvalue weighted by atomic mass is 32.3. The zero-order valence-corrected chi connectivity index (χ0v) is 20.5. The number of nitrogens with one attached hydrogen (secondary N) is 1. The summed E-state index contributed by atoms with van der Waals surface area (Å²) in [6, 6.07) is 3.59. The number of carbonyl (C=O) groups excluding carboxylic acids is 1. The molecule has 1 aliphatic heterocycles. The molecule has 1 amide bonds. The molecule has 0 radical (unpaired) electrons. The number of hydrogen-bond acceptors (Lipinski definition) is 5. The van der Waals surface area contributed by atoms with E-state index >= 15 is 0 Å². The number of amides is 1. The topological polar surface area (TPSA) is 96.6 Å². The van der Waals surface area contributed by atoms with Crippen molar-refractivity contribution >= 4 is 16.5 Å². The zero-order chi connectivity index (χ0) is 25.1. The van der Waals surface area contributed by atoms with E-state index in [1.807, 2.05) is 11.6 Å². The van der Waals surface area contributed by atoms with Gasteiger partial charge in [-0.2, -0.15) is 24.5 Å². The number of rotatable bonds is 7. The molecule has 1 aromatic heterocycles. The third-order valence-electron chi connectivity index (χ3n) is 7.30. The molecule has 2 heterocycles. The molecule has 0 bridgehead atoms. The van der Waals surface area contributed by atoms with Gasteiger partial charge in [0.2, 0.25) is 5.91 Å². The Morgan fingerprint density at radius 2 is 2.00 bits per heavy atom. The van der Waals surface area contributed by atoms with Crippen LogP contribution in [0.25, 0.3) is 11.3 Å². The predicted molar refractivity (Wildman–Crippen MR) is 126 cm³/mol. The van der Waals surface area contributed by atoms with Crippen LogP contribution in [0.1, 0.15) is 50.4 Å². The molecule has 3 aliphatic rings. The predicted octanol–water partition coefficient (Wildman–Crippen LogP) is 5.01. The highest BCUT2D eigenvalue weighted by molar-refractivity contribution is 8.25. The van der Waals surface area contributed by atoms with Gasteiger partial charge in [-0.3, -0.25) is 18.6 Å². The van der Waals surface area contributed by atoms with Crippen LogP contribution in [0.2, 0.25) is 0 Å². The molecule has 1 saturated heterocycles. The Kier molecular flexibility index (Phi) is 6.08. The summed E-state index contributed by atoms with van der Waals surface area (Å²) in [5, 5.41) is 7.75. The fraction of sp³-hybridized carbons (Fsp3) is 0.583. The molecule has 0 spiro atoms. The lowest BCUT2D eigenvalue weighted by Crippen LogP contribution is -2.62. The number of nitrogens with zero attached hydrogens (tertiary/aromatic N) is 2. The number of aromatic nitrogens is 2. The SMILES string of the molecule is C[C@@H](C1CC1)n1nc(-c2cc(OC(F)F)ccc2F)c2c1CC(C(=O)NC1(C)CS(O)(O)C1)CC2. The summed E-state index contributed by atoms with van der Waals surface area (Å²) in [5.74, 6) is -0.410. The van der Waals surface area contributed by atoms with E-state index in [2.05, 4.69) is 17.0 Å². The van der Waals surface area contributed by atoms with Crippen LogP contribution in [0.15, 0.2) is 18.2 Å². The monoisotopic (exact) mass is 513 g/mol. The smallest absolute Gasteiger partial charge is 0.387 e. The first-order valence-electron chi connectivity index (χ1n) is 11.9. The number of halogens is 3. The fourth-order valence-electron chi connectivity index (χ4n) is 5.50. The zero-order valence-electron chi connectivity index (χ0n) is 19.6. The van der Waals surface area contributed by atoms with Gasteiger partial charge in [-0.15, -0.1) is 0 Å². The second kappa shape index (κ2) is 8.70. The van der Waals surface area contributed by atoms with Crippen molar-refractivity contribution in [1.82, 2.24) is 15.1 Å². The van der Waals surface area contributed by atoms with E-state index in [-0.39, 0.29) is 40.7 Å². The van der Waals surface area contributed by atoms with Crippen LogP contribution in [-0.2, 0) is 17.6 Å². The number of fused-ring (bicyclic) bond motifs is 1. The maximum Gasteiger partial charge on any atom is 0.387 e. The summed E-state index contributed by atoms with van der Waals surface area (Å²) < 4.78 is 66.2. The molecule has 1 aromatic carbocycles. The van der Waals surface area contributed by atoms with Gasteiger partial charge in [-0.25, -0.2) is 4.39 Å². The van der Waals surface area contributed by atoms with Crippen LogP contribution >= 0.6 is 10.6 Å². The highest BCUT2D eigenvalue weighted by Gasteiger charge is 2.47. The Morgan fingerprint density at radius 3 is 2.63 bits per heavy atom. The molecule has 1 unspecified atom stereocenters. The van der Waals surface area contributed by atoms with Crippen molar-refractivity contribution < 1.29 is 31.8 Å². The molecule has 1 saturated carbocycles. The highest BCUT2D eigenvalue weighted by Crippen LogP contribution is 2.54. The van der Waals surface area contributed by atoms with Crippen LogP contribution in [0.4, 0.5) is 13.2 Å². The van der Waals surface area contributed by atoms with E-state index in [4.69, 9.17) is 5.10 Å². The average molecular weight is 514 g/mol. The van der Waals surface area contributed by atoms with Gasteiger partial charge in [0.15, 0.2) is 0 Å². The lowest BCUT2D eigenvalue weighted by atomic mass is 9.84. The Labute approximate surface area is 203 Å². The van der Waals surface area contributed by atoms with E-state index in [9.17, 15) is 27.1 Å². The van der Waals surface area contributed by atoms with Gasteiger partial charge in [0.05, 0.1) is 28.8 Å². The van der Waals surface area contributed by atoms with Crippen LogP contribution in [0.3, 0.4) is 0 Å². The van der Waals surface area contributed by atoms with Gasteiger partial charge < -0.3 is 10.1 Å². The maximum atomic E-state index is 14.8. The molecule has 7 nitrogen and oxygen atoms in total. The first-order valence-corrected chi connectivity index (χ1v) is 13.7. The molecule has 2 atom stereocenters.